The van der Waals surface area contributed by atoms with Gasteiger partial charge in [-0.1, -0.05) is 173 Å². The van der Waals surface area contributed by atoms with E-state index >= 15 is 0 Å². The lowest BCUT2D eigenvalue weighted by Gasteiger charge is -2.31. The van der Waals surface area contributed by atoms with Crippen molar-refractivity contribution in [3.63, 3.8) is 0 Å². The molecule has 0 saturated carbocycles. The van der Waals surface area contributed by atoms with E-state index in [-0.39, 0.29) is 101 Å². The number of hydrogen-bond acceptors (Lipinski definition) is 17. The first-order valence-electron chi connectivity index (χ1n) is 37.1. The number of amides is 10. The third-order valence-electron chi connectivity index (χ3n) is 17.2. The molecule has 29 nitrogen and oxygen atoms in total. The largest absolute Gasteiger partial charge is 0.463 e. The van der Waals surface area contributed by atoms with E-state index < -0.39 is 157 Å². The highest BCUT2D eigenvalue weighted by atomic mass is 16.5. The molecule has 0 rings (SSSR count). The predicted molar refractivity (Wildman–Crippen MR) is 389 cm³/mol. The maximum absolute atomic E-state index is 14.6. The minimum atomic E-state index is -1.76. The maximum atomic E-state index is 14.6. The molecule has 0 aliphatic carbocycles. The van der Waals surface area contributed by atoms with Crippen LogP contribution in [-0.4, -0.2) is 181 Å². The van der Waals surface area contributed by atoms with Gasteiger partial charge in [-0.3, -0.25) is 57.7 Å². The Hall–Kier alpha value is -6.72. The van der Waals surface area contributed by atoms with E-state index in [1.54, 1.807) is 20.8 Å². The van der Waals surface area contributed by atoms with Gasteiger partial charge >= 0.3 is 5.97 Å². The number of nitrogens with one attached hydrogen (secondary N) is 10. The number of aliphatic hydroxyl groups excluding tert-OH is 2. The van der Waals surface area contributed by atoms with E-state index in [2.05, 4.69) is 65.1 Å². The average molecular weight is 1420 g/mol. The first-order valence-corrected chi connectivity index (χ1v) is 37.1. The van der Waals surface area contributed by atoms with E-state index in [4.69, 9.17) is 27.7 Å². The van der Waals surface area contributed by atoms with Gasteiger partial charge in [-0.05, 0) is 106 Å². The molecule has 0 aromatic carbocycles. The molecule has 10 amide bonds. The third-order valence-corrected chi connectivity index (χ3v) is 17.2. The first-order chi connectivity index (χ1) is 47.2. The van der Waals surface area contributed by atoms with Crippen molar-refractivity contribution in [2.45, 2.75) is 298 Å². The quantitative estimate of drug-likeness (QED) is 0.0180. The second kappa shape index (κ2) is 53.1. The molecule has 0 saturated heterocycles. The molecule has 0 unspecified atom stereocenters. The summed E-state index contributed by atoms with van der Waals surface area (Å²) in [6, 6.07) is -9.73. The molecule has 0 radical (unpaired) electrons. The number of nitrogens with two attached hydrogens (primary N) is 4. The van der Waals surface area contributed by atoms with Crippen LogP contribution in [0.1, 0.15) is 244 Å². The molecule has 0 heterocycles. The summed E-state index contributed by atoms with van der Waals surface area (Å²) in [6.07, 6.45) is 17.1. The highest BCUT2D eigenvalue weighted by Gasteiger charge is 2.38. The number of carbonyl (C=O) groups excluding carboxylic acids is 11. The van der Waals surface area contributed by atoms with E-state index in [0.717, 1.165) is 25.7 Å². The fourth-order valence-electron chi connectivity index (χ4n) is 11.1. The Balaban J connectivity index is 6.45. The topological polar surface area (TPSA) is 474 Å². The van der Waals surface area contributed by atoms with Gasteiger partial charge in [-0.15, -0.1) is 0 Å². The number of esters is 1. The van der Waals surface area contributed by atoms with Crippen LogP contribution in [0.5, 0.6) is 0 Å². The van der Waals surface area contributed by atoms with Crippen molar-refractivity contribution in [3.8, 4) is 0 Å². The zero-order chi connectivity index (χ0) is 75.9. The Bertz CT molecular complexity index is 2460. The van der Waals surface area contributed by atoms with Gasteiger partial charge in [-0.2, -0.15) is 0 Å². The molecule has 0 fully saturated rings. The van der Waals surface area contributed by atoms with E-state index in [9.17, 15) is 63.0 Å². The molecule has 0 spiro atoms. The number of ether oxygens (including phenoxy) is 1. The van der Waals surface area contributed by atoms with Crippen molar-refractivity contribution in [3.05, 3.63) is 0 Å². The molecular weight excluding hydrogens is 1290 g/mol. The van der Waals surface area contributed by atoms with Crippen molar-refractivity contribution in [1.82, 2.24) is 53.2 Å². The van der Waals surface area contributed by atoms with Gasteiger partial charge in [0.05, 0.1) is 26.3 Å². The smallest absolute Gasteiger partial charge is 0.305 e. The normalized spacial score (nSPS) is 14.3. The standard InChI is InChI=1S/C71H135N15O14/c1-14-16-17-18-19-20-21-22-23-24-25-26-27-33-59(91)100-44-71(42-87,43-88)86-58(90)41-77-68(98)60(49(11)12)84-62(92)51(31-28-29-34-72)79-65(95)54(37-46(5)6)81-66(96)55(38-47(7)8)82-67(97)56(39-48(9)10)83-69(99)61(50(13)15-2)85-63(93)52(32-30-35-76-70(74)75)80-64(94)53(36-45(3)4)78-57(89)40-73/h45-56,60-61,87-88H,14-44,72-73H2,1-13H3,(H,77,98)(H,78,89)(H,79,95)(H,80,94)(H,81,96)(H,82,97)(H,83,99)(H,84,92)(H,85,93)(H,86,90)(H4,74,75,76)/t50-,51-,52-,53-,54-,55-,56-,60-,61-/m0/s1. The fourth-order valence-corrected chi connectivity index (χ4v) is 11.1. The van der Waals surface area contributed by atoms with Gasteiger partial charge in [0.1, 0.15) is 60.5 Å². The molecule has 0 aromatic heterocycles. The van der Waals surface area contributed by atoms with Crippen molar-refractivity contribution in [2.24, 2.45) is 63.4 Å². The summed E-state index contributed by atoms with van der Waals surface area (Å²) in [5, 5.41) is 47.6. The molecule has 0 aliphatic heterocycles. The minimum absolute atomic E-state index is 0.0279. The highest BCUT2D eigenvalue weighted by molar-refractivity contribution is 5.98. The first kappa shape index (κ1) is 93.3. The lowest BCUT2D eigenvalue weighted by atomic mass is 9.95. The summed E-state index contributed by atoms with van der Waals surface area (Å²) in [5.41, 5.74) is 20.7. The number of carbonyl (C=O) groups is 11. The molecule has 0 bridgehead atoms. The molecule has 29 heteroatoms. The van der Waals surface area contributed by atoms with Crippen molar-refractivity contribution in [1.29, 1.82) is 0 Å². The van der Waals surface area contributed by atoms with Crippen LogP contribution in [0.2, 0.25) is 0 Å². The van der Waals surface area contributed by atoms with Crippen molar-refractivity contribution < 1.29 is 67.7 Å². The van der Waals surface area contributed by atoms with Crippen molar-refractivity contribution in [2.75, 3.05) is 46.0 Å². The van der Waals surface area contributed by atoms with Gasteiger partial charge in [0.15, 0.2) is 5.96 Å². The maximum Gasteiger partial charge on any atom is 0.305 e. The monoisotopic (exact) mass is 1420 g/mol. The minimum Gasteiger partial charge on any atom is -0.463 e. The third kappa shape index (κ3) is 41.3. The molecule has 0 aliphatic rings. The van der Waals surface area contributed by atoms with Crippen LogP contribution >= 0.6 is 0 Å². The molecule has 578 valence electrons. The number of rotatable bonds is 57. The molecule has 100 heavy (non-hydrogen) atoms. The van der Waals surface area contributed by atoms with Crippen LogP contribution < -0.4 is 76.1 Å². The number of aliphatic imine (C=N–C) groups is 1. The van der Waals surface area contributed by atoms with Crippen LogP contribution in [0.3, 0.4) is 0 Å². The SMILES string of the molecule is CCCCCCCCCCCCCCCC(=O)OCC(CO)(CO)NC(=O)CNC(=O)[C@@H](NC(=O)[C@H](CCCCN)NC(=O)[C@H](CC(C)C)NC(=O)[C@H](CC(C)C)NC(=O)[C@H](CC(C)C)NC(=O)[C@@H](NC(=O)[C@H](CCCN=C(N)N)NC(=O)[C@H](CC(C)C)NC(=O)CN)[C@@H](C)CC)C(C)C. The Morgan fingerprint density at radius 1 is 0.440 bits per heavy atom. The Labute approximate surface area is 597 Å². The summed E-state index contributed by atoms with van der Waals surface area (Å²) in [4.78, 5) is 156. The average Bonchev–Trinajstić information content (AvgIpc) is 0.875. The zero-order valence-corrected chi connectivity index (χ0v) is 63.1. The molecule has 20 N–H and O–H groups in total. The second-order valence-corrected chi connectivity index (χ2v) is 29.0. The summed E-state index contributed by atoms with van der Waals surface area (Å²) in [7, 11) is 0. The second-order valence-electron chi connectivity index (χ2n) is 29.0. The number of hydrogen-bond donors (Lipinski definition) is 16. The molecular formula is C71H135N15O14. The lowest BCUT2D eigenvalue weighted by Crippen LogP contribution is -2.61. The predicted octanol–water partition coefficient (Wildman–Crippen LogP) is 2.87. The molecule has 9 atom stereocenters. The summed E-state index contributed by atoms with van der Waals surface area (Å²) < 4.78 is 5.38. The lowest BCUT2D eigenvalue weighted by molar-refractivity contribution is -0.149. The zero-order valence-electron chi connectivity index (χ0n) is 63.1. The number of unbranched alkanes of at least 4 members (excludes halogenated alkanes) is 13. The summed E-state index contributed by atoms with van der Waals surface area (Å²) in [6.45, 7) is 21.0. The summed E-state index contributed by atoms with van der Waals surface area (Å²) >= 11 is 0. The van der Waals surface area contributed by atoms with E-state index in [1.165, 1.54) is 51.4 Å². The fraction of sp³-hybridized carbons (Fsp3) is 0.831. The van der Waals surface area contributed by atoms with Crippen LogP contribution in [0.15, 0.2) is 4.99 Å². The van der Waals surface area contributed by atoms with Crippen LogP contribution in [0, 0.1) is 35.5 Å². The summed E-state index contributed by atoms with van der Waals surface area (Å²) in [5.74, 6) is -9.59. The number of guanidine groups is 1. The van der Waals surface area contributed by atoms with Gasteiger partial charge in [-0.25, -0.2) is 0 Å². The van der Waals surface area contributed by atoms with Gasteiger partial charge < -0.3 is 91.1 Å². The van der Waals surface area contributed by atoms with Crippen molar-refractivity contribution >= 4 is 71.0 Å². The highest BCUT2D eigenvalue weighted by Crippen LogP contribution is 2.18. The van der Waals surface area contributed by atoms with Gasteiger partial charge in [0.25, 0.3) is 0 Å². The Kier molecular flexibility index (Phi) is 49.6. The Morgan fingerprint density at radius 3 is 1.22 bits per heavy atom. The Morgan fingerprint density at radius 2 is 0.830 bits per heavy atom. The van der Waals surface area contributed by atoms with Crippen LogP contribution in [-0.2, 0) is 57.5 Å². The number of nitrogens with zero attached hydrogens (tertiary/aromatic N) is 1. The van der Waals surface area contributed by atoms with E-state index in [1.807, 2.05) is 62.3 Å². The van der Waals surface area contributed by atoms with E-state index in [0.29, 0.717) is 25.7 Å². The van der Waals surface area contributed by atoms with Crippen LogP contribution in [0.4, 0.5) is 0 Å². The van der Waals surface area contributed by atoms with Crippen LogP contribution in [0.25, 0.3) is 0 Å². The van der Waals surface area contributed by atoms with Gasteiger partial charge in [0, 0.05) is 13.0 Å². The molecule has 0 aromatic rings. The number of aliphatic hydroxyl groups is 2. The van der Waals surface area contributed by atoms with Gasteiger partial charge in [0.2, 0.25) is 59.1 Å².